The van der Waals surface area contributed by atoms with Gasteiger partial charge in [-0.05, 0) is 61.7 Å². The summed E-state index contributed by atoms with van der Waals surface area (Å²) in [4.78, 5) is 3.20. The SMILES string of the molecule is COc1cc(C)ccc1S(=O)(=O)NCCc1c(C)[nH]c2ccc(OC(F)(F)Cl)cc12. The van der Waals surface area contributed by atoms with Crippen molar-refractivity contribution >= 4 is 32.5 Å². The third-order valence-corrected chi connectivity index (χ3v) is 6.18. The Labute approximate surface area is 178 Å². The summed E-state index contributed by atoms with van der Waals surface area (Å²) in [5.41, 5.74) is -0.641. The van der Waals surface area contributed by atoms with E-state index >= 15 is 0 Å². The first-order valence-electron chi connectivity index (χ1n) is 9.01. The van der Waals surface area contributed by atoms with Gasteiger partial charge in [0.2, 0.25) is 10.0 Å². The van der Waals surface area contributed by atoms with Crippen LogP contribution in [0.15, 0.2) is 41.3 Å². The number of benzene rings is 2. The lowest BCUT2D eigenvalue weighted by atomic mass is 10.1. The Bertz CT molecular complexity index is 1170. The highest BCUT2D eigenvalue weighted by atomic mass is 35.5. The minimum atomic E-state index is -3.82. The maximum atomic E-state index is 12.9. The zero-order valence-electron chi connectivity index (χ0n) is 16.6. The summed E-state index contributed by atoms with van der Waals surface area (Å²) in [6.45, 7) is 3.76. The predicted molar refractivity (Wildman–Crippen MR) is 111 cm³/mol. The number of aromatic amines is 1. The van der Waals surface area contributed by atoms with Crippen LogP contribution in [0, 0.1) is 13.8 Å². The summed E-state index contributed by atoms with van der Waals surface area (Å²) >= 11 is 4.84. The highest BCUT2D eigenvalue weighted by molar-refractivity contribution is 7.89. The van der Waals surface area contributed by atoms with Crippen LogP contribution in [-0.4, -0.2) is 32.6 Å². The first-order chi connectivity index (χ1) is 14.0. The largest absolute Gasteiger partial charge is 0.495 e. The van der Waals surface area contributed by atoms with Crippen LogP contribution in [0.1, 0.15) is 16.8 Å². The van der Waals surface area contributed by atoms with E-state index in [4.69, 9.17) is 16.3 Å². The number of fused-ring (bicyclic) bond motifs is 1. The fourth-order valence-electron chi connectivity index (χ4n) is 3.27. The predicted octanol–water partition coefficient (Wildman–Crippen LogP) is 4.48. The lowest BCUT2D eigenvalue weighted by Gasteiger charge is -2.12. The highest BCUT2D eigenvalue weighted by Gasteiger charge is 2.28. The molecule has 0 amide bonds. The van der Waals surface area contributed by atoms with Crippen LogP contribution in [0.5, 0.6) is 11.5 Å². The second-order valence-corrected chi connectivity index (χ2v) is 8.96. The van der Waals surface area contributed by atoms with Crippen LogP contribution in [-0.2, 0) is 16.4 Å². The molecule has 30 heavy (non-hydrogen) atoms. The Balaban J connectivity index is 1.80. The topological polar surface area (TPSA) is 80.4 Å². The van der Waals surface area contributed by atoms with E-state index in [1.807, 2.05) is 13.8 Å². The van der Waals surface area contributed by atoms with E-state index in [9.17, 15) is 17.2 Å². The Hall–Kier alpha value is -2.36. The molecule has 162 valence electrons. The number of sulfonamides is 1. The van der Waals surface area contributed by atoms with Crippen LogP contribution in [0.3, 0.4) is 0 Å². The molecule has 3 rings (SSSR count). The quantitative estimate of drug-likeness (QED) is 0.488. The van der Waals surface area contributed by atoms with Gasteiger partial charge >= 0.3 is 5.57 Å². The summed E-state index contributed by atoms with van der Waals surface area (Å²) in [6.07, 6.45) is 0.333. The fraction of sp³-hybridized carbons (Fsp3) is 0.300. The molecule has 0 unspecified atom stereocenters. The fourth-order valence-corrected chi connectivity index (χ4v) is 4.54. The molecule has 0 aliphatic rings. The maximum Gasteiger partial charge on any atom is 0.487 e. The van der Waals surface area contributed by atoms with Gasteiger partial charge in [-0.25, -0.2) is 13.1 Å². The average molecular weight is 459 g/mol. The van der Waals surface area contributed by atoms with Crippen LogP contribution in [0.25, 0.3) is 10.9 Å². The van der Waals surface area contributed by atoms with Crippen molar-refractivity contribution < 1.29 is 26.7 Å². The number of rotatable bonds is 8. The number of ether oxygens (including phenoxy) is 2. The van der Waals surface area contributed by atoms with Gasteiger partial charge in [-0.3, -0.25) is 0 Å². The van der Waals surface area contributed by atoms with E-state index in [1.54, 1.807) is 18.2 Å². The van der Waals surface area contributed by atoms with Crippen molar-refractivity contribution in [1.82, 2.24) is 9.71 Å². The normalized spacial score (nSPS) is 12.3. The molecule has 0 bridgehead atoms. The van der Waals surface area contributed by atoms with Crippen molar-refractivity contribution in [2.45, 2.75) is 30.7 Å². The van der Waals surface area contributed by atoms with Gasteiger partial charge in [-0.2, -0.15) is 0 Å². The molecule has 3 aromatic rings. The van der Waals surface area contributed by atoms with E-state index in [2.05, 4.69) is 14.4 Å². The molecule has 0 radical (unpaired) electrons. The molecule has 0 aliphatic heterocycles. The first kappa shape index (κ1) is 22.3. The molecular weight excluding hydrogens is 438 g/mol. The van der Waals surface area contributed by atoms with Crippen LogP contribution < -0.4 is 14.2 Å². The van der Waals surface area contributed by atoms with Gasteiger partial charge in [0, 0.05) is 34.7 Å². The number of hydrogen-bond donors (Lipinski definition) is 2. The second-order valence-electron chi connectivity index (χ2n) is 6.79. The Kier molecular flexibility index (Phi) is 6.26. The molecule has 0 fully saturated rings. The number of alkyl halides is 3. The highest BCUT2D eigenvalue weighted by Crippen LogP contribution is 2.31. The zero-order chi connectivity index (χ0) is 22.1. The van der Waals surface area contributed by atoms with Gasteiger partial charge in [0.25, 0.3) is 0 Å². The summed E-state index contributed by atoms with van der Waals surface area (Å²) in [7, 11) is -2.39. The van der Waals surface area contributed by atoms with E-state index in [0.29, 0.717) is 11.8 Å². The standard InChI is InChI=1S/C20H21ClF2N2O4S/c1-12-4-7-19(18(10-12)28-3)30(26,27)24-9-8-15-13(2)25-17-6-5-14(11-16(15)17)29-20(21,22)23/h4-7,10-11,24-25H,8-9H2,1-3H3. The number of hydrogen-bond acceptors (Lipinski definition) is 4. The van der Waals surface area contributed by atoms with Crippen LogP contribution in [0.4, 0.5) is 8.78 Å². The summed E-state index contributed by atoms with van der Waals surface area (Å²) in [6, 6.07) is 9.25. The molecule has 0 saturated carbocycles. The molecule has 0 aliphatic carbocycles. The van der Waals surface area contributed by atoms with Gasteiger partial charge in [0.15, 0.2) is 0 Å². The van der Waals surface area contributed by atoms with Crippen molar-refractivity contribution in [1.29, 1.82) is 0 Å². The molecule has 2 N–H and O–H groups in total. The number of aryl methyl sites for hydroxylation is 2. The molecule has 10 heteroatoms. The van der Waals surface area contributed by atoms with E-state index < -0.39 is 15.6 Å². The van der Waals surface area contributed by atoms with Gasteiger partial charge in [0.1, 0.15) is 16.4 Å². The number of nitrogens with one attached hydrogen (secondary N) is 2. The Morgan fingerprint density at radius 2 is 1.90 bits per heavy atom. The van der Waals surface area contributed by atoms with Gasteiger partial charge < -0.3 is 14.5 Å². The molecule has 6 nitrogen and oxygen atoms in total. The second kappa shape index (κ2) is 8.41. The van der Waals surface area contributed by atoms with Gasteiger partial charge in [-0.15, -0.1) is 8.78 Å². The summed E-state index contributed by atoms with van der Waals surface area (Å²) in [5.74, 6) is 0.169. The maximum absolute atomic E-state index is 12.9. The van der Waals surface area contributed by atoms with Gasteiger partial charge in [-0.1, -0.05) is 6.07 Å². The Morgan fingerprint density at radius 1 is 1.17 bits per heavy atom. The number of aromatic nitrogens is 1. The Morgan fingerprint density at radius 3 is 2.57 bits per heavy atom. The number of methoxy groups -OCH3 is 1. The third kappa shape index (κ3) is 5.03. The average Bonchev–Trinajstić information content (AvgIpc) is 2.95. The van der Waals surface area contributed by atoms with Crippen molar-refractivity contribution in [2.24, 2.45) is 0 Å². The third-order valence-electron chi connectivity index (χ3n) is 4.60. The van der Waals surface area contributed by atoms with E-state index in [0.717, 1.165) is 22.3 Å². The van der Waals surface area contributed by atoms with Crippen molar-refractivity contribution in [2.75, 3.05) is 13.7 Å². The van der Waals surface area contributed by atoms with E-state index in [-0.39, 0.29) is 22.9 Å². The van der Waals surface area contributed by atoms with Crippen molar-refractivity contribution in [3.8, 4) is 11.5 Å². The smallest absolute Gasteiger partial charge is 0.487 e. The number of H-pyrrole nitrogens is 1. The monoisotopic (exact) mass is 458 g/mol. The molecule has 0 atom stereocenters. The molecule has 0 saturated heterocycles. The first-order valence-corrected chi connectivity index (χ1v) is 10.9. The van der Waals surface area contributed by atoms with Crippen LogP contribution in [0.2, 0.25) is 0 Å². The molecule has 1 aromatic heterocycles. The minimum Gasteiger partial charge on any atom is -0.495 e. The molecule has 2 aromatic carbocycles. The van der Waals surface area contributed by atoms with Crippen molar-refractivity contribution in [3.63, 3.8) is 0 Å². The molecule has 1 heterocycles. The lowest BCUT2D eigenvalue weighted by molar-refractivity contribution is -0.0964. The van der Waals surface area contributed by atoms with Crippen LogP contribution >= 0.6 is 11.6 Å². The number of halogens is 3. The molecule has 0 spiro atoms. The summed E-state index contributed by atoms with van der Waals surface area (Å²) < 4.78 is 63.4. The van der Waals surface area contributed by atoms with E-state index in [1.165, 1.54) is 25.3 Å². The molecular formula is C20H21ClF2N2O4S. The zero-order valence-corrected chi connectivity index (χ0v) is 18.1. The van der Waals surface area contributed by atoms with Crippen molar-refractivity contribution in [3.05, 3.63) is 53.2 Å². The lowest BCUT2D eigenvalue weighted by Crippen LogP contribution is -2.26. The summed E-state index contributed by atoms with van der Waals surface area (Å²) in [5, 5.41) is 0.651. The minimum absolute atomic E-state index is 0.0475. The van der Waals surface area contributed by atoms with Gasteiger partial charge in [0.05, 0.1) is 7.11 Å².